The van der Waals surface area contributed by atoms with Gasteiger partial charge < -0.3 is 14.2 Å². The van der Waals surface area contributed by atoms with Gasteiger partial charge >= 0.3 is 6.09 Å². The van der Waals surface area contributed by atoms with Gasteiger partial charge in [-0.3, -0.25) is 9.69 Å². The van der Waals surface area contributed by atoms with Crippen LogP contribution >= 0.6 is 0 Å². The minimum Gasteiger partial charge on any atom is -0.444 e. The van der Waals surface area contributed by atoms with Gasteiger partial charge in [0.2, 0.25) is 5.91 Å². The first-order valence-electron chi connectivity index (χ1n) is 12.2. The van der Waals surface area contributed by atoms with E-state index in [2.05, 4.69) is 40.8 Å². The molecule has 1 aromatic heterocycles. The molecule has 4 rings (SSSR count). The van der Waals surface area contributed by atoms with Crippen LogP contribution in [0, 0.1) is 17.8 Å². The number of amides is 2. The van der Waals surface area contributed by atoms with Crippen molar-refractivity contribution < 1.29 is 14.3 Å². The molecule has 0 N–H and O–H groups in total. The van der Waals surface area contributed by atoms with E-state index in [4.69, 9.17) is 4.74 Å². The second kappa shape index (κ2) is 9.21. The van der Waals surface area contributed by atoms with Gasteiger partial charge in [-0.25, -0.2) is 4.79 Å². The Balaban J connectivity index is 1.83. The normalized spacial score (nSPS) is 19.1. The van der Waals surface area contributed by atoms with Crippen LogP contribution in [0.5, 0.6) is 0 Å². The number of benzene rings is 1. The van der Waals surface area contributed by atoms with Crippen LogP contribution in [0.4, 0.5) is 4.79 Å². The predicted molar refractivity (Wildman–Crippen MR) is 135 cm³/mol. The van der Waals surface area contributed by atoms with Gasteiger partial charge in [-0.05, 0) is 70.7 Å². The molecule has 2 heterocycles. The summed E-state index contributed by atoms with van der Waals surface area (Å²) in [6.07, 6.45) is 4.59. The predicted octanol–water partition coefficient (Wildman–Crippen LogP) is 4.71. The lowest BCUT2D eigenvalue weighted by molar-refractivity contribution is -0.134. The summed E-state index contributed by atoms with van der Waals surface area (Å²) in [7, 11) is 0. The van der Waals surface area contributed by atoms with Gasteiger partial charge in [0.05, 0.1) is 18.5 Å². The zero-order valence-electron chi connectivity index (χ0n) is 21.1. The molecule has 34 heavy (non-hydrogen) atoms. The molecule has 6 nitrogen and oxygen atoms in total. The minimum atomic E-state index is -0.612. The molecule has 1 unspecified atom stereocenters. The Morgan fingerprint density at radius 2 is 1.94 bits per heavy atom. The van der Waals surface area contributed by atoms with Crippen molar-refractivity contribution in [2.24, 2.45) is 5.92 Å². The zero-order chi connectivity index (χ0) is 24.6. The lowest BCUT2D eigenvalue weighted by atomic mass is 9.79. The summed E-state index contributed by atoms with van der Waals surface area (Å²) < 4.78 is 7.98. The summed E-state index contributed by atoms with van der Waals surface area (Å²) in [5.41, 5.74) is 3.86. The monoisotopic (exact) mass is 461 g/mol. The van der Waals surface area contributed by atoms with Crippen molar-refractivity contribution in [2.45, 2.75) is 66.2 Å². The quantitative estimate of drug-likeness (QED) is 0.620. The van der Waals surface area contributed by atoms with Gasteiger partial charge in [-0.2, -0.15) is 0 Å². The average molecular weight is 462 g/mol. The van der Waals surface area contributed by atoms with Crippen molar-refractivity contribution in [3.8, 4) is 11.8 Å². The second-order valence-corrected chi connectivity index (χ2v) is 10.0. The molecular weight excluding hydrogens is 426 g/mol. The van der Waals surface area contributed by atoms with Crippen molar-refractivity contribution in [1.82, 2.24) is 14.4 Å². The topological polar surface area (TPSA) is 54.8 Å². The third-order valence-electron chi connectivity index (χ3n) is 6.66. The Labute approximate surface area is 202 Å². The molecule has 1 aromatic carbocycles. The standard InChI is InChI=1S/C28H35N3O3/c1-7-10-14-30-17-19-16-24-22(21-12-11-13-23(30)25(19)21)15-20(26(32)29(8-2)9-3)18-31(24)27(33)34-28(4,5)6/h11-13,15,17,20,24H,8-9,14,16,18H2,1-6H3/t20-,24?/m1/s1. The maximum Gasteiger partial charge on any atom is 0.410 e. The molecule has 2 amide bonds. The molecule has 0 saturated heterocycles. The number of hydrogen-bond acceptors (Lipinski definition) is 3. The fourth-order valence-electron chi connectivity index (χ4n) is 5.16. The summed E-state index contributed by atoms with van der Waals surface area (Å²) in [6, 6.07) is 6.11. The van der Waals surface area contributed by atoms with Crippen LogP contribution in [0.15, 0.2) is 30.5 Å². The van der Waals surface area contributed by atoms with Crippen LogP contribution in [0.3, 0.4) is 0 Å². The van der Waals surface area contributed by atoms with Crippen molar-refractivity contribution in [2.75, 3.05) is 19.6 Å². The van der Waals surface area contributed by atoms with E-state index in [1.54, 1.807) is 4.90 Å². The molecular formula is C28H35N3O3. The first-order chi connectivity index (χ1) is 16.2. The fraction of sp³-hybridized carbons (Fsp3) is 0.500. The number of hydrogen-bond donors (Lipinski definition) is 0. The zero-order valence-corrected chi connectivity index (χ0v) is 21.1. The van der Waals surface area contributed by atoms with E-state index in [9.17, 15) is 9.59 Å². The number of carbonyl (C=O) groups is 2. The van der Waals surface area contributed by atoms with Crippen molar-refractivity contribution in [1.29, 1.82) is 0 Å². The van der Waals surface area contributed by atoms with Crippen LogP contribution in [-0.4, -0.2) is 57.6 Å². The summed E-state index contributed by atoms with van der Waals surface area (Å²) in [4.78, 5) is 30.4. The summed E-state index contributed by atoms with van der Waals surface area (Å²) in [5.74, 6) is 5.79. The van der Waals surface area contributed by atoms with Crippen LogP contribution in [0.2, 0.25) is 0 Å². The van der Waals surface area contributed by atoms with E-state index in [-0.39, 0.29) is 18.0 Å². The van der Waals surface area contributed by atoms with Crippen LogP contribution in [0.25, 0.3) is 16.5 Å². The molecule has 2 aromatic rings. The molecule has 2 aliphatic rings. The lowest BCUT2D eigenvalue weighted by Crippen LogP contribution is -2.52. The minimum absolute atomic E-state index is 0.0540. The number of aromatic nitrogens is 1. The molecule has 0 radical (unpaired) electrons. The van der Waals surface area contributed by atoms with Crippen LogP contribution in [-0.2, 0) is 22.5 Å². The largest absolute Gasteiger partial charge is 0.444 e. The summed E-state index contributed by atoms with van der Waals surface area (Å²) >= 11 is 0. The maximum absolute atomic E-state index is 13.4. The fourth-order valence-corrected chi connectivity index (χ4v) is 5.16. The molecule has 0 spiro atoms. The highest BCUT2D eigenvalue weighted by Crippen LogP contribution is 2.42. The third kappa shape index (κ3) is 4.32. The average Bonchev–Trinajstić information content (AvgIpc) is 3.15. The van der Waals surface area contributed by atoms with Gasteiger partial charge in [0.15, 0.2) is 0 Å². The Bertz CT molecular complexity index is 1200. The molecule has 1 aliphatic carbocycles. The highest BCUT2D eigenvalue weighted by atomic mass is 16.6. The molecule has 0 fully saturated rings. The van der Waals surface area contributed by atoms with Gasteiger partial charge in [-0.15, -0.1) is 5.92 Å². The highest BCUT2D eigenvalue weighted by molar-refractivity contribution is 6.00. The van der Waals surface area contributed by atoms with Crippen molar-refractivity contribution in [3.05, 3.63) is 41.6 Å². The van der Waals surface area contributed by atoms with E-state index in [1.807, 2.05) is 52.5 Å². The number of fused-ring (bicyclic) bond motifs is 2. The van der Waals surface area contributed by atoms with Crippen molar-refractivity contribution >= 4 is 28.5 Å². The van der Waals surface area contributed by atoms with Crippen molar-refractivity contribution in [3.63, 3.8) is 0 Å². The number of ether oxygens (including phenoxy) is 1. The molecule has 6 heteroatoms. The summed E-state index contributed by atoms with van der Waals surface area (Å²) in [5, 5.41) is 1.20. The Morgan fingerprint density at radius 1 is 1.21 bits per heavy atom. The molecule has 1 aliphatic heterocycles. The Morgan fingerprint density at radius 3 is 2.59 bits per heavy atom. The molecule has 0 bridgehead atoms. The molecule has 180 valence electrons. The van der Waals surface area contributed by atoms with Gasteiger partial charge in [0.1, 0.15) is 5.60 Å². The van der Waals surface area contributed by atoms with Gasteiger partial charge in [-0.1, -0.05) is 24.1 Å². The number of carbonyl (C=O) groups excluding carboxylic acids is 2. The summed E-state index contributed by atoms with van der Waals surface area (Å²) in [6.45, 7) is 13.7. The van der Waals surface area contributed by atoms with E-state index < -0.39 is 11.5 Å². The second-order valence-electron chi connectivity index (χ2n) is 10.0. The van der Waals surface area contributed by atoms with E-state index in [1.165, 1.54) is 10.9 Å². The van der Waals surface area contributed by atoms with Crippen LogP contribution < -0.4 is 0 Å². The molecule has 2 atom stereocenters. The Kier molecular flexibility index (Phi) is 6.49. The highest BCUT2D eigenvalue weighted by Gasteiger charge is 2.41. The third-order valence-corrected chi connectivity index (χ3v) is 6.66. The SMILES string of the molecule is CC#CCn1cc2c3c(cccc31)C1=C[C@@H](C(=O)N(CC)CC)CN(C(=O)OC(C)(C)C)C1C2. The van der Waals surface area contributed by atoms with Crippen LogP contribution in [0.1, 0.15) is 52.7 Å². The van der Waals surface area contributed by atoms with E-state index >= 15 is 0 Å². The first-order valence-corrected chi connectivity index (χ1v) is 12.2. The smallest absolute Gasteiger partial charge is 0.410 e. The first kappa shape index (κ1) is 23.9. The van der Waals surface area contributed by atoms with Gasteiger partial charge in [0.25, 0.3) is 0 Å². The van der Waals surface area contributed by atoms with E-state index in [0.29, 0.717) is 32.6 Å². The van der Waals surface area contributed by atoms with Gasteiger partial charge in [0, 0.05) is 36.7 Å². The van der Waals surface area contributed by atoms with E-state index in [0.717, 1.165) is 16.7 Å². The Hall–Kier alpha value is -3.20. The number of rotatable bonds is 4. The molecule has 0 saturated carbocycles. The maximum atomic E-state index is 13.4. The number of nitrogens with zero attached hydrogens (tertiary/aromatic N) is 3. The lowest BCUT2D eigenvalue weighted by Gasteiger charge is -2.42.